The fourth-order valence-corrected chi connectivity index (χ4v) is 3.94. The molecule has 164 valence electrons. The van der Waals surface area contributed by atoms with E-state index >= 15 is 0 Å². The molecule has 0 radical (unpaired) electrons. The van der Waals surface area contributed by atoms with E-state index in [-0.39, 0.29) is 37.2 Å². The maximum absolute atomic E-state index is 4.81. The number of hydrogen-bond donors (Lipinski definition) is 1. The molecule has 0 spiro atoms. The van der Waals surface area contributed by atoms with Crippen LogP contribution in [0, 0.1) is 0 Å². The van der Waals surface area contributed by atoms with Crippen LogP contribution in [0.15, 0.2) is 72.8 Å². The van der Waals surface area contributed by atoms with Crippen molar-refractivity contribution in [1.29, 1.82) is 0 Å². The average Bonchev–Trinajstić information content (AvgIpc) is 2.75. The van der Waals surface area contributed by atoms with Gasteiger partial charge in [0.1, 0.15) is 0 Å². The number of piperazine rings is 1. The molecule has 0 atom stereocenters. The highest BCUT2D eigenvalue weighted by Crippen LogP contribution is 2.33. The Morgan fingerprint density at radius 3 is 1.74 bits per heavy atom. The molecule has 0 aliphatic carbocycles. The van der Waals surface area contributed by atoms with Gasteiger partial charge < -0.3 is 15.1 Å². The number of halogens is 3. The summed E-state index contributed by atoms with van der Waals surface area (Å²) in [5, 5.41) is 5.95. The number of anilines is 3. The van der Waals surface area contributed by atoms with E-state index in [1.54, 1.807) is 0 Å². The molecule has 7 heteroatoms. The summed E-state index contributed by atoms with van der Waals surface area (Å²) < 4.78 is 0. The van der Waals surface area contributed by atoms with Crippen molar-refractivity contribution in [2.24, 2.45) is 0 Å². The largest absolute Gasteiger partial charge is 0.369 e. The molecule has 1 N–H and O–H groups in total. The molecule has 1 fully saturated rings. The van der Waals surface area contributed by atoms with Crippen molar-refractivity contribution < 1.29 is 0 Å². The number of hydrogen-bond acceptors (Lipinski definition) is 4. The third-order valence-electron chi connectivity index (χ3n) is 5.59. The van der Waals surface area contributed by atoms with Gasteiger partial charge in [0.2, 0.25) is 0 Å². The Morgan fingerprint density at radius 1 is 0.677 bits per heavy atom. The highest BCUT2D eigenvalue weighted by Gasteiger charge is 2.14. The van der Waals surface area contributed by atoms with Gasteiger partial charge >= 0.3 is 0 Å². The zero-order chi connectivity index (χ0) is 18.9. The van der Waals surface area contributed by atoms with E-state index in [4.69, 9.17) is 4.98 Å². The monoisotopic (exact) mass is 476 g/mol. The van der Waals surface area contributed by atoms with Gasteiger partial charge in [-0.15, -0.1) is 37.2 Å². The van der Waals surface area contributed by atoms with Crippen LogP contribution >= 0.6 is 37.2 Å². The first-order valence-corrected chi connectivity index (χ1v) is 9.86. The SMILES string of the molecule is CN1CCN(c2ccc(Nc3c4ccccc4nc4ccccc34)cc2)CC1.Cl.Cl.Cl. The summed E-state index contributed by atoms with van der Waals surface area (Å²) in [6, 6.07) is 25.4. The second-order valence-electron chi connectivity index (χ2n) is 7.48. The molecule has 31 heavy (non-hydrogen) atoms. The molecule has 2 heterocycles. The third-order valence-corrected chi connectivity index (χ3v) is 5.59. The summed E-state index contributed by atoms with van der Waals surface area (Å²) in [5.74, 6) is 0. The Bertz CT molecular complexity index is 1070. The van der Waals surface area contributed by atoms with Gasteiger partial charge in [0.15, 0.2) is 0 Å². The number of benzene rings is 3. The molecular weight excluding hydrogens is 451 g/mol. The van der Waals surface area contributed by atoms with Gasteiger partial charge in [-0.2, -0.15) is 0 Å². The summed E-state index contributed by atoms with van der Waals surface area (Å²) in [6.07, 6.45) is 0. The molecule has 0 bridgehead atoms. The number of nitrogens with zero attached hydrogens (tertiary/aromatic N) is 3. The van der Waals surface area contributed by atoms with E-state index in [9.17, 15) is 0 Å². The Hall–Kier alpha value is -2.24. The van der Waals surface area contributed by atoms with E-state index in [1.165, 1.54) is 5.69 Å². The maximum Gasteiger partial charge on any atom is 0.0730 e. The van der Waals surface area contributed by atoms with E-state index in [0.29, 0.717) is 0 Å². The van der Waals surface area contributed by atoms with Gasteiger partial charge in [-0.1, -0.05) is 36.4 Å². The van der Waals surface area contributed by atoms with E-state index < -0.39 is 0 Å². The quantitative estimate of drug-likeness (QED) is 0.359. The van der Waals surface area contributed by atoms with E-state index in [2.05, 4.69) is 82.8 Å². The van der Waals surface area contributed by atoms with Crippen molar-refractivity contribution in [3.63, 3.8) is 0 Å². The van der Waals surface area contributed by atoms with Crippen molar-refractivity contribution in [3.8, 4) is 0 Å². The van der Waals surface area contributed by atoms with Gasteiger partial charge in [-0.3, -0.25) is 0 Å². The van der Waals surface area contributed by atoms with Crippen LogP contribution in [0.4, 0.5) is 17.1 Å². The van der Waals surface area contributed by atoms with Crippen LogP contribution in [0.3, 0.4) is 0 Å². The summed E-state index contributed by atoms with van der Waals surface area (Å²) >= 11 is 0. The number of pyridine rings is 1. The molecule has 5 rings (SSSR count). The molecule has 0 unspecified atom stereocenters. The summed E-state index contributed by atoms with van der Waals surface area (Å²) in [7, 11) is 2.19. The smallest absolute Gasteiger partial charge is 0.0730 e. The van der Waals surface area contributed by atoms with Crippen LogP contribution in [0.5, 0.6) is 0 Å². The Labute approximate surface area is 201 Å². The molecular formula is C24H27Cl3N4. The van der Waals surface area contributed by atoms with Crippen LogP contribution in [-0.4, -0.2) is 43.1 Å². The van der Waals surface area contributed by atoms with Crippen LogP contribution in [-0.2, 0) is 0 Å². The van der Waals surface area contributed by atoms with Gasteiger partial charge in [-0.05, 0) is 43.4 Å². The summed E-state index contributed by atoms with van der Waals surface area (Å²) in [6.45, 7) is 4.41. The predicted octanol–water partition coefficient (Wildman–Crippen LogP) is 6.15. The van der Waals surface area contributed by atoms with Crippen LogP contribution in [0.25, 0.3) is 21.8 Å². The van der Waals surface area contributed by atoms with E-state index in [0.717, 1.165) is 59.4 Å². The van der Waals surface area contributed by atoms with Crippen molar-refractivity contribution in [3.05, 3.63) is 72.8 Å². The van der Waals surface area contributed by atoms with Crippen LogP contribution < -0.4 is 10.2 Å². The van der Waals surface area contributed by atoms with Gasteiger partial charge in [-0.25, -0.2) is 4.98 Å². The fraction of sp³-hybridized carbons (Fsp3) is 0.208. The lowest BCUT2D eigenvalue weighted by Gasteiger charge is -2.34. The normalized spacial score (nSPS) is 13.8. The number of fused-ring (bicyclic) bond motifs is 2. The molecule has 1 saturated heterocycles. The minimum Gasteiger partial charge on any atom is -0.369 e. The number of para-hydroxylation sites is 2. The van der Waals surface area contributed by atoms with Crippen molar-refractivity contribution >= 4 is 76.1 Å². The highest BCUT2D eigenvalue weighted by molar-refractivity contribution is 6.08. The number of nitrogens with one attached hydrogen (secondary N) is 1. The standard InChI is InChI=1S/C24H24N4.3ClH/c1-27-14-16-28(17-15-27)19-12-10-18(11-13-19)25-24-20-6-2-4-8-22(20)26-23-9-5-3-7-21(23)24;;;/h2-13H,14-17H2,1H3,(H,25,26);3*1H. The van der Waals surface area contributed by atoms with Crippen molar-refractivity contribution in [2.45, 2.75) is 0 Å². The molecule has 0 amide bonds. The topological polar surface area (TPSA) is 31.4 Å². The minimum absolute atomic E-state index is 0. The minimum atomic E-state index is 0. The molecule has 1 aliphatic heterocycles. The number of aromatic nitrogens is 1. The Balaban J connectivity index is 0.00000114. The first-order valence-electron chi connectivity index (χ1n) is 9.86. The predicted molar refractivity (Wildman–Crippen MR) is 140 cm³/mol. The lowest BCUT2D eigenvalue weighted by atomic mass is 10.1. The highest BCUT2D eigenvalue weighted by atomic mass is 35.5. The first-order chi connectivity index (χ1) is 13.8. The maximum atomic E-state index is 4.81. The molecule has 4 aromatic rings. The van der Waals surface area contributed by atoms with Gasteiger partial charge in [0.05, 0.1) is 16.7 Å². The van der Waals surface area contributed by atoms with Crippen molar-refractivity contribution in [1.82, 2.24) is 9.88 Å². The first kappa shape index (κ1) is 25.0. The molecule has 0 saturated carbocycles. The summed E-state index contributed by atoms with van der Waals surface area (Å²) in [4.78, 5) is 9.65. The molecule has 1 aromatic heterocycles. The summed E-state index contributed by atoms with van der Waals surface area (Å²) in [5.41, 5.74) is 5.53. The lowest BCUT2D eigenvalue weighted by molar-refractivity contribution is 0.313. The number of rotatable bonds is 3. The zero-order valence-corrected chi connectivity index (χ0v) is 19.8. The molecule has 3 aromatic carbocycles. The Morgan fingerprint density at radius 2 is 1.19 bits per heavy atom. The number of likely N-dealkylation sites (N-methyl/N-ethyl adjacent to an activating group) is 1. The van der Waals surface area contributed by atoms with Gasteiger partial charge in [0, 0.05) is 48.3 Å². The van der Waals surface area contributed by atoms with Gasteiger partial charge in [0.25, 0.3) is 0 Å². The second kappa shape index (κ2) is 10.9. The fourth-order valence-electron chi connectivity index (χ4n) is 3.94. The zero-order valence-electron chi connectivity index (χ0n) is 17.3. The second-order valence-corrected chi connectivity index (χ2v) is 7.48. The third kappa shape index (κ3) is 5.16. The average molecular weight is 478 g/mol. The lowest BCUT2D eigenvalue weighted by Crippen LogP contribution is -2.44. The van der Waals surface area contributed by atoms with Crippen LogP contribution in [0.1, 0.15) is 0 Å². The molecule has 1 aliphatic rings. The Kier molecular flexibility index (Phi) is 8.78. The van der Waals surface area contributed by atoms with E-state index in [1.807, 2.05) is 12.1 Å². The molecule has 4 nitrogen and oxygen atoms in total. The van der Waals surface area contributed by atoms with Crippen LogP contribution in [0.2, 0.25) is 0 Å². The van der Waals surface area contributed by atoms with Crippen molar-refractivity contribution in [2.75, 3.05) is 43.4 Å².